The van der Waals surface area contributed by atoms with E-state index in [9.17, 15) is 9.18 Å². The van der Waals surface area contributed by atoms with Crippen molar-refractivity contribution in [1.82, 2.24) is 19.7 Å². The Kier molecular flexibility index (Phi) is 4.96. The van der Waals surface area contributed by atoms with Crippen LogP contribution in [0.2, 0.25) is 0 Å². The third kappa shape index (κ3) is 3.74. The van der Waals surface area contributed by atoms with Gasteiger partial charge in [0.05, 0.1) is 11.4 Å². The smallest absolute Gasteiger partial charge is 0.274 e. The molecule has 0 atom stereocenters. The summed E-state index contributed by atoms with van der Waals surface area (Å²) in [5, 5.41) is 4.57. The summed E-state index contributed by atoms with van der Waals surface area (Å²) in [6, 6.07) is 11.7. The zero-order chi connectivity index (χ0) is 18.6. The van der Waals surface area contributed by atoms with Gasteiger partial charge in [0.25, 0.3) is 5.91 Å². The van der Waals surface area contributed by atoms with Crippen LogP contribution >= 0.6 is 0 Å². The Morgan fingerprint density at radius 2 is 1.59 bits per heavy atom. The Morgan fingerprint density at radius 3 is 2.26 bits per heavy atom. The van der Waals surface area contributed by atoms with Gasteiger partial charge in [-0.15, -0.1) is 0 Å². The second-order valence-electron chi connectivity index (χ2n) is 6.75. The maximum absolute atomic E-state index is 13.3. The monoisotopic (exact) mass is 364 g/mol. The number of hydrogen-bond donors (Lipinski definition) is 0. The number of benzene rings is 1. The van der Waals surface area contributed by atoms with Gasteiger partial charge < -0.3 is 4.90 Å². The highest BCUT2D eigenvalue weighted by Gasteiger charge is 2.22. The first-order chi connectivity index (χ1) is 13.2. The zero-order valence-electron chi connectivity index (χ0n) is 15.0. The predicted molar refractivity (Wildman–Crippen MR) is 101 cm³/mol. The van der Waals surface area contributed by atoms with Crippen molar-refractivity contribution < 1.29 is 9.18 Å². The normalized spacial score (nSPS) is 14.8. The van der Waals surface area contributed by atoms with Crippen molar-refractivity contribution in [1.29, 1.82) is 0 Å². The van der Waals surface area contributed by atoms with Crippen LogP contribution in [0, 0.1) is 5.82 Å². The van der Waals surface area contributed by atoms with E-state index < -0.39 is 0 Å². The Balaban J connectivity index is 1.75. The average Bonchev–Trinajstić information content (AvgIpc) is 2.97. The fourth-order valence-corrected chi connectivity index (χ4v) is 3.43. The summed E-state index contributed by atoms with van der Waals surface area (Å²) >= 11 is 0. The molecule has 1 saturated heterocycles. The number of aromatic nitrogens is 3. The number of pyridine rings is 1. The molecule has 1 fully saturated rings. The minimum atomic E-state index is -0.308. The van der Waals surface area contributed by atoms with Gasteiger partial charge in [0, 0.05) is 31.0 Å². The van der Waals surface area contributed by atoms with Gasteiger partial charge in [-0.3, -0.25) is 9.78 Å². The predicted octanol–water partition coefficient (Wildman–Crippen LogP) is 4.09. The van der Waals surface area contributed by atoms with Crippen molar-refractivity contribution in [3.63, 3.8) is 0 Å². The molecule has 0 saturated carbocycles. The third-order valence-corrected chi connectivity index (χ3v) is 4.87. The minimum Gasteiger partial charge on any atom is -0.337 e. The Hall–Kier alpha value is -3.02. The highest BCUT2D eigenvalue weighted by molar-refractivity contribution is 5.93. The number of amides is 1. The van der Waals surface area contributed by atoms with E-state index in [0.717, 1.165) is 50.0 Å². The van der Waals surface area contributed by atoms with E-state index in [1.807, 2.05) is 23.1 Å². The summed E-state index contributed by atoms with van der Waals surface area (Å²) in [5.74, 6) is -0.356. The SMILES string of the molecule is O=C(c1cc(-c2ccncc2)n(-c2ccc(F)cc2)n1)N1CCCCCC1. The van der Waals surface area contributed by atoms with Crippen LogP contribution in [0.1, 0.15) is 36.2 Å². The molecule has 6 heteroatoms. The first kappa shape index (κ1) is 17.4. The second-order valence-corrected chi connectivity index (χ2v) is 6.75. The summed E-state index contributed by atoms with van der Waals surface area (Å²) in [4.78, 5) is 19.0. The molecule has 3 heterocycles. The van der Waals surface area contributed by atoms with Crippen molar-refractivity contribution in [2.45, 2.75) is 25.7 Å². The van der Waals surface area contributed by atoms with E-state index in [1.54, 1.807) is 29.2 Å². The molecule has 0 radical (unpaired) electrons. The van der Waals surface area contributed by atoms with Crippen molar-refractivity contribution >= 4 is 5.91 Å². The fourth-order valence-electron chi connectivity index (χ4n) is 3.43. The van der Waals surface area contributed by atoms with Crippen LogP contribution in [0.5, 0.6) is 0 Å². The number of rotatable bonds is 3. The van der Waals surface area contributed by atoms with E-state index in [0.29, 0.717) is 11.4 Å². The van der Waals surface area contributed by atoms with Gasteiger partial charge in [-0.2, -0.15) is 5.10 Å². The molecule has 3 aromatic rings. The van der Waals surface area contributed by atoms with Crippen molar-refractivity contribution in [3.8, 4) is 16.9 Å². The van der Waals surface area contributed by atoms with E-state index in [2.05, 4.69) is 10.1 Å². The molecule has 4 rings (SSSR count). The Labute approximate surface area is 157 Å². The lowest BCUT2D eigenvalue weighted by Gasteiger charge is -2.18. The van der Waals surface area contributed by atoms with Crippen LogP contribution in [0.3, 0.4) is 0 Å². The highest BCUT2D eigenvalue weighted by Crippen LogP contribution is 2.25. The first-order valence-corrected chi connectivity index (χ1v) is 9.28. The minimum absolute atomic E-state index is 0.0481. The van der Waals surface area contributed by atoms with Crippen LogP contribution in [0.4, 0.5) is 4.39 Å². The lowest BCUT2D eigenvalue weighted by Crippen LogP contribution is -2.32. The molecule has 0 N–H and O–H groups in total. The average molecular weight is 364 g/mol. The van der Waals surface area contributed by atoms with Crippen molar-refractivity contribution in [3.05, 3.63) is 66.4 Å². The summed E-state index contributed by atoms with van der Waals surface area (Å²) in [6.45, 7) is 1.54. The number of carbonyl (C=O) groups excluding carboxylic acids is 1. The number of likely N-dealkylation sites (tertiary alicyclic amines) is 1. The molecule has 0 unspecified atom stereocenters. The maximum Gasteiger partial charge on any atom is 0.274 e. The van der Waals surface area contributed by atoms with Gasteiger partial charge >= 0.3 is 0 Å². The molecular weight excluding hydrogens is 343 g/mol. The van der Waals surface area contributed by atoms with E-state index in [1.165, 1.54) is 12.1 Å². The quantitative estimate of drug-likeness (QED) is 0.703. The maximum atomic E-state index is 13.3. The zero-order valence-corrected chi connectivity index (χ0v) is 15.0. The molecule has 2 aromatic heterocycles. The Morgan fingerprint density at radius 1 is 0.926 bits per heavy atom. The lowest BCUT2D eigenvalue weighted by molar-refractivity contribution is 0.0755. The van der Waals surface area contributed by atoms with Crippen LogP contribution in [0.25, 0.3) is 16.9 Å². The third-order valence-electron chi connectivity index (χ3n) is 4.87. The van der Waals surface area contributed by atoms with E-state index in [4.69, 9.17) is 0 Å². The summed E-state index contributed by atoms with van der Waals surface area (Å²) < 4.78 is 15.0. The second kappa shape index (κ2) is 7.70. The molecule has 27 heavy (non-hydrogen) atoms. The summed E-state index contributed by atoms with van der Waals surface area (Å²) in [7, 11) is 0. The Bertz CT molecular complexity index is 913. The van der Waals surface area contributed by atoms with Gasteiger partial charge in [-0.05, 0) is 55.3 Å². The molecule has 1 aliphatic rings. The highest BCUT2D eigenvalue weighted by atomic mass is 19.1. The standard InChI is InChI=1S/C21H21FN4O/c22-17-5-7-18(8-6-17)26-20(16-9-11-23-12-10-16)15-19(24-26)21(27)25-13-3-1-2-4-14-25/h5-12,15H,1-4,13-14H2. The van der Waals surface area contributed by atoms with E-state index >= 15 is 0 Å². The van der Waals surface area contributed by atoms with Gasteiger partial charge in [0.2, 0.25) is 0 Å². The topological polar surface area (TPSA) is 51.0 Å². The first-order valence-electron chi connectivity index (χ1n) is 9.28. The summed E-state index contributed by atoms with van der Waals surface area (Å²) in [6.07, 6.45) is 7.79. The fraction of sp³-hybridized carbons (Fsp3) is 0.286. The lowest BCUT2D eigenvalue weighted by atomic mass is 10.1. The molecular formula is C21H21FN4O. The molecule has 0 aliphatic carbocycles. The van der Waals surface area contributed by atoms with Gasteiger partial charge in [0.1, 0.15) is 5.82 Å². The number of hydrogen-bond acceptors (Lipinski definition) is 3. The van der Waals surface area contributed by atoms with Crippen LogP contribution in [-0.2, 0) is 0 Å². The van der Waals surface area contributed by atoms with Gasteiger partial charge in [-0.1, -0.05) is 12.8 Å². The van der Waals surface area contributed by atoms with Crippen LogP contribution in [-0.4, -0.2) is 38.7 Å². The number of nitrogens with zero attached hydrogens (tertiary/aromatic N) is 4. The van der Waals surface area contributed by atoms with Crippen molar-refractivity contribution in [2.75, 3.05) is 13.1 Å². The molecule has 1 aromatic carbocycles. The van der Waals surface area contributed by atoms with Crippen molar-refractivity contribution in [2.24, 2.45) is 0 Å². The molecule has 5 nitrogen and oxygen atoms in total. The molecule has 0 bridgehead atoms. The molecule has 0 spiro atoms. The number of carbonyl (C=O) groups is 1. The van der Waals surface area contributed by atoms with Gasteiger partial charge in [0.15, 0.2) is 5.69 Å². The summed E-state index contributed by atoms with van der Waals surface area (Å²) in [5.41, 5.74) is 2.80. The molecule has 138 valence electrons. The van der Waals surface area contributed by atoms with E-state index in [-0.39, 0.29) is 11.7 Å². The van der Waals surface area contributed by atoms with Crippen LogP contribution < -0.4 is 0 Å². The van der Waals surface area contributed by atoms with Gasteiger partial charge in [-0.25, -0.2) is 9.07 Å². The van der Waals surface area contributed by atoms with Crippen LogP contribution in [0.15, 0.2) is 54.9 Å². The largest absolute Gasteiger partial charge is 0.337 e. The molecule has 1 amide bonds. The number of halogens is 1. The molecule has 1 aliphatic heterocycles.